The molecule has 2 aliphatic rings. The highest BCUT2D eigenvalue weighted by molar-refractivity contribution is 5.95. The molecule has 0 aromatic heterocycles. The van der Waals surface area contributed by atoms with Gasteiger partial charge in [-0.05, 0) is 51.1 Å². The second-order valence-electron chi connectivity index (χ2n) is 8.85. The standard InChI is InChI=1S/C25H31F2N3O3/c1-15-21(16-6-4-3-5-7-16)19-12-17(13-20(22(19)33-15)24(32)28-2)23(31)30-11-9-18-8-10-29-14-25(18,26)27/h3-7,12-13,15,18,21,24,28-29,32H,8-11,14H2,1-2H3,(H,30,31)/t15-,18-,21+,24?/m1/s1. The van der Waals surface area contributed by atoms with Crippen LogP contribution in [0.15, 0.2) is 42.5 Å². The Morgan fingerprint density at radius 3 is 2.76 bits per heavy atom. The number of nitrogens with one attached hydrogen (secondary N) is 3. The Bertz CT molecular complexity index is 986. The summed E-state index contributed by atoms with van der Waals surface area (Å²) in [5, 5.41) is 18.8. The third-order valence-electron chi connectivity index (χ3n) is 6.65. The normalized spacial score (nSPS) is 24.6. The van der Waals surface area contributed by atoms with Gasteiger partial charge in [-0.3, -0.25) is 10.1 Å². The zero-order chi connectivity index (χ0) is 23.6. The number of halogens is 2. The van der Waals surface area contributed by atoms with Gasteiger partial charge in [0.25, 0.3) is 11.8 Å². The van der Waals surface area contributed by atoms with E-state index in [1.165, 1.54) is 0 Å². The second kappa shape index (κ2) is 9.75. The number of alkyl halides is 2. The van der Waals surface area contributed by atoms with Crippen LogP contribution in [0.3, 0.4) is 0 Å². The lowest BCUT2D eigenvalue weighted by atomic mass is 9.87. The van der Waals surface area contributed by atoms with Crippen molar-refractivity contribution in [3.8, 4) is 5.75 Å². The number of ether oxygens (including phenoxy) is 1. The number of amides is 1. The first-order chi connectivity index (χ1) is 15.8. The fourth-order valence-electron chi connectivity index (χ4n) is 4.85. The fraction of sp³-hybridized carbons (Fsp3) is 0.480. The molecule has 4 N–H and O–H groups in total. The summed E-state index contributed by atoms with van der Waals surface area (Å²) >= 11 is 0. The van der Waals surface area contributed by atoms with Crippen molar-refractivity contribution in [2.75, 3.05) is 26.7 Å². The Morgan fingerprint density at radius 2 is 2.06 bits per heavy atom. The van der Waals surface area contributed by atoms with Crippen molar-refractivity contribution in [2.24, 2.45) is 5.92 Å². The lowest BCUT2D eigenvalue weighted by Gasteiger charge is -2.31. The van der Waals surface area contributed by atoms with E-state index in [0.29, 0.717) is 29.8 Å². The van der Waals surface area contributed by atoms with Crippen molar-refractivity contribution >= 4 is 5.91 Å². The van der Waals surface area contributed by atoms with Crippen molar-refractivity contribution < 1.29 is 23.4 Å². The summed E-state index contributed by atoms with van der Waals surface area (Å²) in [5.41, 5.74) is 2.74. The first-order valence-electron chi connectivity index (χ1n) is 11.4. The maximum atomic E-state index is 14.1. The maximum Gasteiger partial charge on any atom is 0.263 e. The number of aliphatic hydroxyl groups is 1. The SMILES string of the molecule is CNC(O)c1cc(C(=O)NCC[C@H]2CCNCC2(F)F)cc2c1O[C@H](C)[C@H]2c1ccccc1. The van der Waals surface area contributed by atoms with Crippen LogP contribution in [0, 0.1) is 5.92 Å². The molecule has 0 bridgehead atoms. The molecule has 2 aromatic carbocycles. The third-order valence-corrected chi connectivity index (χ3v) is 6.65. The molecule has 178 valence electrons. The Labute approximate surface area is 192 Å². The molecule has 6 nitrogen and oxygen atoms in total. The summed E-state index contributed by atoms with van der Waals surface area (Å²) in [6.45, 7) is 2.37. The van der Waals surface area contributed by atoms with Crippen molar-refractivity contribution in [3.05, 3.63) is 64.7 Å². The Kier molecular flexibility index (Phi) is 6.97. The predicted octanol–water partition coefficient (Wildman–Crippen LogP) is 3.17. The molecule has 0 spiro atoms. The number of rotatable bonds is 7. The van der Waals surface area contributed by atoms with Gasteiger partial charge in [0.05, 0.1) is 6.54 Å². The number of carbonyl (C=O) groups is 1. The maximum absolute atomic E-state index is 14.1. The molecule has 2 heterocycles. The van der Waals surface area contributed by atoms with Gasteiger partial charge in [-0.1, -0.05) is 30.3 Å². The van der Waals surface area contributed by atoms with Crippen LogP contribution < -0.4 is 20.7 Å². The van der Waals surface area contributed by atoms with Gasteiger partial charge in [0, 0.05) is 35.1 Å². The van der Waals surface area contributed by atoms with Crippen LogP contribution in [0.2, 0.25) is 0 Å². The van der Waals surface area contributed by atoms with Crippen LogP contribution in [0.5, 0.6) is 5.75 Å². The van der Waals surface area contributed by atoms with E-state index in [1.807, 2.05) is 37.3 Å². The molecule has 33 heavy (non-hydrogen) atoms. The average Bonchev–Trinajstić information content (AvgIpc) is 3.14. The fourth-order valence-corrected chi connectivity index (χ4v) is 4.85. The van der Waals surface area contributed by atoms with E-state index >= 15 is 0 Å². The van der Waals surface area contributed by atoms with Crippen molar-refractivity contribution in [3.63, 3.8) is 0 Å². The largest absolute Gasteiger partial charge is 0.489 e. The lowest BCUT2D eigenvalue weighted by molar-refractivity contribution is -0.0754. The number of carbonyl (C=O) groups excluding carboxylic acids is 1. The minimum absolute atomic E-state index is 0.0924. The van der Waals surface area contributed by atoms with Crippen molar-refractivity contribution in [1.29, 1.82) is 0 Å². The highest BCUT2D eigenvalue weighted by atomic mass is 19.3. The quantitative estimate of drug-likeness (QED) is 0.478. The highest BCUT2D eigenvalue weighted by Gasteiger charge is 2.41. The summed E-state index contributed by atoms with van der Waals surface area (Å²) in [6, 6.07) is 13.3. The van der Waals surface area contributed by atoms with E-state index < -0.39 is 18.1 Å². The summed E-state index contributed by atoms with van der Waals surface area (Å²) in [4.78, 5) is 13.0. The minimum Gasteiger partial charge on any atom is -0.489 e. The Balaban J connectivity index is 1.57. The Hall–Kier alpha value is -2.55. The molecular weight excluding hydrogens is 428 g/mol. The third kappa shape index (κ3) is 4.88. The zero-order valence-corrected chi connectivity index (χ0v) is 18.9. The van der Waals surface area contributed by atoms with Crippen LogP contribution in [-0.2, 0) is 0 Å². The number of fused-ring (bicyclic) bond motifs is 1. The monoisotopic (exact) mass is 459 g/mol. The van der Waals surface area contributed by atoms with E-state index in [9.17, 15) is 18.7 Å². The van der Waals surface area contributed by atoms with E-state index in [2.05, 4.69) is 16.0 Å². The van der Waals surface area contributed by atoms with E-state index in [4.69, 9.17) is 4.74 Å². The molecule has 0 radical (unpaired) electrons. The van der Waals surface area contributed by atoms with Gasteiger partial charge in [-0.15, -0.1) is 0 Å². The summed E-state index contributed by atoms with van der Waals surface area (Å²) in [5.74, 6) is -3.39. The summed E-state index contributed by atoms with van der Waals surface area (Å²) in [6.07, 6.45) is -0.592. The van der Waals surface area contributed by atoms with Gasteiger partial charge in [0.15, 0.2) is 0 Å². The summed E-state index contributed by atoms with van der Waals surface area (Å²) < 4.78 is 34.3. The molecule has 1 saturated heterocycles. The van der Waals surface area contributed by atoms with Gasteiger partial charge in [-0.2, -0.15) is 0 Å². The van der Waals surface area contributed by atoms with E-state index in [0.717, 1.165) is 11.1 Å². The molecule has 2 aliphatic heterocycles. The highest BCUT2D eigenvalue weighted by Crippen LogP contribution is 2.46. The van der Waals surface area contributed by atoms with Gasteiger partial charge in [-0.25, -0.2) is 8.78 Å². The first-order valence-corrected chi connectivity index (χ1v) is 11.4. The topological polar surface area (TPSA) is 82.6 Å². The molecule has 0 aliphatic carbocycles. The van der Waals surface area contributed by atoms with Crippen molar-refractivity contribution in [2.45, 2.75) is 43.9 Å². The van der Waals surface area contributed by atoms with E-state index in [1.54, 1.807) is 19.2 Å². The van der Waals surface area contributed by atoms with Crippen molar-refractivity contribution in [1.82, 2.24) is 16.0 Å². The zero-order valence-electron chi connectivity index (χ0n) is 18.9. The minimum atomic E-state index is -2.77. The molecule has 0 saturated carbocycles. The van der Waals surface area contributed by atoms with Gasteiger partial charge in [0.1, 0.15) is 18.1 Å². The Morgan fingerprint density at radius 1 is 1.30 bits per heavy atom. The second-order valence-corrected chi connectivity index (χ2v) is 8.85. The molecule has 1 unspecified atom stereocenters. The number of aliphatic hydroxyl groups excluding tert-OH is 1. The lowest BCUT2D eigenvalue weighted by Crippen LogP contribution is -2.47. The average molecular weight is 460 g/mol. The summed E-state index contributed by atoms with van der Waals surface area (Å²) in [7, 11) is 1.62. The molecular formula is C25H31F2N3O3. The van der Waals surface area contributed by atoms with Crippen LogP contribution in [0.1, 0.15) is 59.0 Å². The van der Waals surface area contributed by atoms with Crippen LogP contribution in [-0.4, -0.2) is 49.7 Å². The predicted molar refractivity (Wildman–Crippen MR) is 122 cm³/mol. The molecule has 8 heteroatoms. The number of hydrogen-bond acceptors (Lipinski definition) is 5. The number of hydrogen-bond donors (Lipinski definition) is 4. The van der Waals surface area contributed by atoms with Gasteiger partial charge >= 0.3 is 0 Å². The van der Waals surface area contributed by atoms with Gasteiger partial charge in [0.2, 0.25) is 0 Å². The number of piperidine rings is 1. The smallest absolute Gasteiger partial charge is 0.263 e. The number of benzene rings is 2. The van der Waals surface area contributed by atoms with Crippen LogP contribution >= 0.6 is 0 Å². The van der Waals surface area contributed by atoms with E-state index in [-0.39, 0.29) is 37.4 Å². The van der Waals surface area contributed by atoms with Gasteiger partial charge < -0.3 is 20.5 Å². The van der Waals surface area contributed by atoms with Crippen LogP contribution in [0.4, 0.5) is 8.78 Å². The molecule has 4 atom stereocenters. The molecule has 1 amide bonds. The first kappa shape index (κ1) is 23.6. The molecule has 2 aromatic rings. The molecule has 4 rings (SSSR count). The molecule has 1 fully saturated rings. The van der Waals surface area contributed by atoms with Crippen LogP contribution in [0.25, 0.3) is 0 Å².